The van der Waals surface area contributed by atoms with E-state index in [0.717, 1.165) is 36.6 Å². The summed E-state index contributed by atoms with van der Waals surface area (Å²) in [6.07, 6.45) is 3.96. The van der Waals surface area contributed by atoms with E-state index in [9.17, 15) is 4.79 Å². The summed E-state index contributed by atoms with van der Waals surface area (Å²) in [6, 6.07) is 7.36. The fraction of sp³-hybridized carbons (Fsp3) is 0.421. The Morgan fingerprint density at radius 1 is 1.32 bits per heavy atom. The van der Waals surface area contributed by atoms with Crippen molar-refractivity contribution < 1.29 is 4.79 Å². The molecule has 3 rings (SSSR count). The summed E-state index contributed by atoms with van der Waals surface area (Å²) in [5, 5.41) is 17.2. The Morgan fingerprint density at radius 2 is 2.18 bits per heavy atom. The molecule has 0 atom stereocenters. The first kappa shape index (κ1) is 20.2. The van der Waals surface area contributed by atoms with Crippen LogP contribution in [0.3, 0.4) is 0 Å². The monoisotopic (exact) mass is 403 g/mol. The molecule has 1 aromatic heterocycles. The van der Waals surface area contributed by atoms with Gasteiger partial charge in [-0.1, -0.05) is 11.6 Å². The zero-order valence-electron chi connectivity index (χ0n) is 15.7. The summed E-state index contributed by atoms with van der Waals surface area (Å²) in [4.78, 5) is 14.9. The van der Waals surface area contributed by atoms with Gasteiger partial charge in [0.2, 0.25) is 6.41 Å². The number of H-pyrrole nitrogens is 1. The lowest BCUT2D eigenvalue weighted by Crippen LogP contribution is -2.27. The number of aromatic amines is 1. The molecule has 0 aliphatic heterocycles. The predicted octanol–water partition coefficient (Wildman–Crippen LogP) is 2.11. The summed E-state index contributed by atoms with van der Waals surface area (Å²) in [5.74, 6) is 1.97. The largest absolute Gasteiger partial charge is 0.398 e. The van der Waals surface area contributed by atoms with Crippen LogP contribution in [0.2, 0.25) is 5.02 Å². The molecule has 6 N–H and O–H groups in total. The third-order valence-electron chi connectivity index (χ3n) is 4.44. The highest BCUT2D eigenvalue weighted by molar-refractivity contribution is 6.31. The van der Waals surface area contributed by atoms with Gasteiger partial charge in [-0.3, -0.25) is 14.9 Å². The van der Waals surface area contributed by atoms with E-state index in [-0.39, 0.29) is 0 Å². The van der Waals surface area contributed by atoms with Gasteiger partial charge in [-0.25, -0.2) is 0 Å². The van der Waals surface area contributed by atoms with Crippen LogP contribution in [0.15, 0.2) is 29.3 Å². The third kappa shape index (κ3) is 5.97. The van der Waals surface area contributed by atoms with E-state index >= 15 is 0 Å². The Hall–Kier alpha value is -2.58. The number of nitrogens with two attached hydrogens (primary N) is 1. The molecule has 28 heavy (non-hydrogen) atoms. The molecule has 1 aliphatic carbocycles. The van der Waals surface area contributed by atoms with Crippen molar-refractivity contribution in [1.82, 2.24) is 20.8 Å². The number of nitrogens with zero attached hydrogens (tertiary/aromatic N) is 2. The second kappa shape index (κ2) is 10.1. The number of aliphatic imine (C=N–C) groups is 1. The van der Waals surface area contributed by atoms with Crippen molar-refractivity contribution in [3.8, 4) is 0 Å². The van der Waals surface area contributed by atoms with E-state index in [4.69, 9.17) is 22.3 Å². The van der Waals surface area contributed by atoms with Crippen LogP contribution in [-0.2, 0) is 4.79 Å². The summed E-state index contributed by atoms with van der Waals surface area (Å²) < 4.78 is 0. The minimum absolute atomic E-state index is 0.597. The van der Waals surface area contributed by atoms with Gasteiger partial charge in [0, 0.05) is 53.6 Å². The predicted molar refractivity (Wildman–Crippen MR) is 113 cm³/mol. The number of hydrogen-bond acceptors (Lipinski definition) is 5. The molecule has 1 aliphatic rings. The zero-order valence-corrected chi connectivity index (χ0v) is 16.4. The Kier molecular flexibility index (Phi) is 7.27. The maximum Gasteiger partial charge on any atom is 0.207 e. The maximum absolute atomic E-state index is 10.2. The highest BCUT2D eigenvalue weighted by Gasteiger charge is 2.25. The Bertz CT molecular complexity index is 816. The van der Waals surface area contributed by atoms with Gasteiger partial charge >= 0.3 is 0 Å². The van der Waals surface area contributed by atoms with Crippen molar-refractivity contribution in [2.24, 2.45) is 4.99 Å². The average Bonchev–Trinajstić information content (AvgIpc) is 3.44. The number of amides is 1. The van der Waals surface area contributed by atoms with Crippen molar-refractivity contribution in [2.45, 2.75) is 25.2 Å². The number of nitrogen functional groups attached to an aromatic ring is 1. The van der Waals surface area contributed by atoms with Crippen LogP contribution < -0.4 is 21.7 Å². The molecular weight excluding hydrogens is 378 g/mol. The lowest BCUT2D eigenvalue weighted by atomic mass is 10.1. The fourth-order valence-electron chi connectivity index (χ4n) is 2.79. The zero-order chi connectivity index (χ0) is 19.8. The van der Waals surface area contributed by atoms with E-state index in [1.54, 1.807) is 18.2 Å². The molecule has 8 nitrogen and oxygen atoms in total. The molecule has 1 heterocycles. The molecule has 150 valence electrons. The van der Waals surface area contributed by atoms with Crippen LogP contribution in [0.25, 0.3) is 0 Å². The first-order valence-electron chi connectivity index (χ1n) is 9.47. The number of hydrogen-bond donors (Lipinski definition) is 5. The van der Waals surface area contributed by atoms with Gasteiger partial charge in [-0.2, -0.15) is 5.10 Å². The van der Waals surface area contributed by atoms with Crippen LogP contribution in [-0.4, -0.2) is 48.6 Å². The summed E-state index contributed by atoms with van der Waals surface area (Å²) >= 11 is 6.16. The lowest BCUT2D eigenvalue weighted by molar-refractivity contribution is -0.109. The summed E-state index contributed by atoms with van der Waals surface area (Å²) in [7, 11) is 0. The van der Waals surface area contributed by atoms with Crippen molar-refractivity contribution in [3.63, 3.8) is 0 Å². The molecule has 2 aromatic rings. The quantitative estimate of drug-likeness (QED) is 0.129. The number of carbonyl (C=O) groups excluding carboxylic acids is 1. The van der Waals surface area contributed by atoms with E-state index in [1.807, 2.05) is 6.07 Å². The molecule has 0 unspecified atom stereocenters. The van der Waals surface area contributed by atoms with E-state index in [1.165, 1.54) is 12.8 Å². The molecule has 0 saturated heterocycles. The van der Waals surface area contributed by atoms with Crippen LogP contribution in [0.4, 0.5) is 11.5 Å². The second-order valence-corrected chi connectivity index (χ2v) is 7.18. The number of rotatable bonds is 11. The summed E-state index contributed by atoms with van der Waals surface area (Å²) in [5.41, 5.74) is 8.66. The molecule has 0 radical (unpaired) electrons. The number of nitrogens with one attached hydrogen (secondary N) is 4. The van der Waals surface area contributed by atoms with E-state index in [0.29, 0.717) is 42.0 Å². The van der Waals surface area contributed by atoms with E-state index < -0.39 is 0 Å². The molecule has 0 spiro atoms. The smallest absolute Gasteiger partial charge is 0.207 e. The van der Waals surface area contributed by atoms with Crippen molar-refractivity contribution in [3.05, 3.63) is 40.5 Å². The lowest BCUT2D eigenvalue weighted by Gasteiger charge is -2.11. The minimum Gasteiger partial charge on any atom is -0.398 e. The van der Waals surface area contributed by atoms with Crippen molar-refractivity contribution >= 4 is 35.4 Å². The number of aromatic nitrogens is 2. The number of carbonyl (C=O) groups is 1. The van der Waals surface area contributed by atoms with Gasteiger partial charge in [0.15, 0.2) is 5.82 Å². The van der Waals surface area contributed by atoms with Crippen LogP contribution in [0.1, 0.15) is 36.4 Å². The van der Waals surface area contributed by atoms with Gasteiger partial charge in [0.25, 0.3) is 0 Å². The van der Waals surface area contributed by atoms with Gasteiger partial charge in [0.1, 0.15) is 5.84 Å². The van der Waals surface area contributed by atoms with E-state index in [2.05, 4.69) is 26.1 Å². The Morgan fingerprint density at radius 3 is 2.96 bits per heavy atom. The first-order valence-corrected chi connectivity index (χ1v) is 9.85. The Labute approximate surface area is 169 Å². The summed E-state index contributed by atoms with van der Waals surface area (Å²) in [6.45, 7) is 2.76. The first-order chi connectivity index (χ1) is 13.7. The van der Waals surface area contributed by atoms with Crippen LogP contribution >= 0.6 is 11.6 Å². The number of amidine groups is 1. The van der Waals surface area contributed by atoms with Crippen molar-refractivity contribution in [1.29, 1.82) is 0 Å². The van der Waals surface area contributed by atoms with Gasteiger partial charge in [-0.15, -0.1) is 0 Å². The minimum atomic E-state index is 0.597. The topological polar surface area (TPSA) is 120 Å². The SMILES string of the molecule is Nc1ccc(Cl)cc1/C(=N\CCCNCCNC=O)Nc1cc(C2CC2)[nH]n1. The van der Waals surface area contributed by atoms with Crippen LogP contribution in [0.5, 0.6) is 0 Å². The fourth-order valence-corrected chi connectivity index (χ4v) is 2.96. The average molecular weight is 404 g/mol. The van der Waals surface area contributed by atoms with Crippen molar-refractivity contribution in [2.75, 3.05) is 37.2 Å². The number of halogens is 1. The maximum atomic E-state index is 10.2. The number of benzene rings is 1. The third-order valence-corrected chi connectivity index (χ3v) is 4.68. The second-order valence-electron chi connectivity index (χ2n) is 6.75. The molecule has 1 saturated carbocycles. The molecule has 1 aromatic carbocycles. The number of anilines is 2. The van der Waals surface area contributed by atoms with Crippen LogP contribution in [0, 0.1) is 0 Å². The molecule has 1 amide bonds. The standard InChI is InChI=1S/C19H26ClN7O/c20-14-4-5-16(21)15(10-14)19(24-7-1-6-22-8-9-23-12-28)25-18-11-17(26-27-18)13-2-3-13/h4-5,10-13,22H,1-3,6-9,21H2,(H,23,28)(H2,24,25,26,27). The molecule has 0 bridgehead atoms. The van der Waals surface area contributed by atoms with Gasteiger partial charge in [0.05, 0.1) is 0 Å². The highest BCUT2D eigenvalue weighted by atomic mass is 35.5. The molecular formula is C19H26ClN7O. The van der Waals surface area contributed by atoms with Gasteiger partial charge < -0.3 is 21.7 Å². The normalized spacial score (nSPS) is 14.1. The molecule has 1 fully saturated rings. The highest BCUT2D eigenvalue weighted by Crippen LogP contribution is 2.39. The molecule has 9 heteroatoms. The Balaban J connectivity index is 1.63. The van der Waals surface area contributed by atoms with Gasteiger partial charge in [-0.05, 0) is 44.0 Å².